The summed E-state index contributed by atoms with van der Waals surface area (Å²) >= 11 is 0. The number of benzene rings is 1. The summed E-state index contributed by atoms with van der Waals surface area (Å²) in [5, 5.41) is 19.3. The van der Waals surface area contributed by atoms with Crippen LogP contribution in [0.3, 0.4) is 0 Å². The van der Waals surface area contributed by atoms with Crippen LogP contribution in [0.1, 0.15) is 30.4 Å². The molecule has 0 saturated carbocycles. The van der Waals surface area contributed by atoms with Crippen molar-refractivity contribution in [1.29, 1.82) is 0 Å². The minimum absolute atomic E-state index is 0.186. The van der Waals surface area contributed by atoms with E-state index in [1.165, 1.54) is 11.1 Å². The molecule has 1 aromatic carbocycles. The van der Waals surface area contributed by atoms with Crippen LogP contribution in [0.4, 0.5) is 5.69 Å². The van der Waals surface area contributed by atoms with Crippen LogP contribution >= 0.6 is 0 Å². The van der Waals surface area contributed by atoms with Gasteiger partial charge in [-0.25, -0.2) is 0 Å². The fourth-order valence-electron chi connectivity index (χ4n) is 2.89. The lowest BCUT2D eigenvalue weighted by atomic mass is 9.89. The smallest absolute Gasteiger partial charge is 0.306 e. The van der Waals surface area contributed by atoms with Crippen LogP contribution in [-0.4, -0.2) is 34.9 Å². The van der Waals surface area contributed by atoms with Crippen molar-refractivity contribution in [1.82, 2.24) is 0 Å². The SMILES string of the molecule is Cc1cc(C)cc(N2CCCC(O)(CC(=O)O)C2)c1. The Balaban J connectivity index is 2.18. The van der Waals surface area contributed by atoms with Crippen LogP contribution in [-0.2, 0) is 4.79 Å². The molecule has 4 heteroatoms. The Labute approximate surface area is 113 Å². The number of rotatable bonds is 3. The molecule has 2 N–H and O–H groups in total. The van der Waals surface area contributed by atoms with Crippen LogP contribution in [0, 0.1) is 13.8 Å². The van der Waals surface area contributed by atoms with Crippen molar-refractivity contribution in [2.24, 2.45) is 0 Å². The average Bonchev–Trinajstić information content (AvgIpc) is 2.25. The molecule has 0 amide bonds. The van der Waals surface area contributed by atoms with Crippen LogP contribution < -0.4 is 4.90 Å². The third-order valence-corrected chi connectivity index (χ3v) is 3.61. The van der Waals surface area contributed by atoms with Gasteiger partial charge in [0.2, 0.25) is 0 Å². The lowest BCUT2D eigenvalue weighted by molar-refractivity contribution is -0.142. The van der Waals surface area contributed by atoms with Gasteiger partial charge in [-0.15, -0.1) is 0 Å². The van der Waals surface area contributed by atoms with E-state index in [-0.39, 0.29) is 6.42 Å². The molecule has 1 fully saturated rings. The summed E-state index contributed by atoms with van der Waals surface area (Å²) in [7, 11) is 0. The number of carboxylic acid groups (broad SMARTS) is 1. The number of hydrogen-bond acceptors (Lipinski definition) is 3. The fraction of sp³-hybridized carbons (Fsp3) is 0.533. The van der Waals surface area contributed by atoms with E-state index in [0.717, 1.165) is 18.7 Å². The molecule has 4 nitrogen and oxygen atoms in total. The van der Waals surface area contributed by atoms with Crippen molar-refractivity contribution in [3.8, 4) is 0 Å². The largest absolute Gasteiger partial charge is 0.481 e. The molecule has 0 radical (unpaired) electrons. The third-order valence-electron chi connectivity index (χ3n) is 3.61. The zero-order chi connectivity index (χ0) is 14.0. The second-order valence-electron chi connectivity index (χ2n) is 5.67. The van der Waals surface area contributed by atoms with Crippen LogP contribution in [0.15, 0.2) is 18.2 Å². The zero-order valence-electron chi connectivity index (χ0n) is 11.5. The predicted octanol–water partition coefficient (Wildman–Crippen LogP) is 2.11. The summed E-state index contributed by atoms with van der Waals surface area (Å²) in [5.41, 5.74) is 2.33. The minimum atomic E-state index is -1.11. The van der Waals surface area contributed by atoms with E-state index >= 15 is 0 Å². The first-order valence-electron chi connectivity index (χ1n) is 6.65. The van der Waals surface area contributed by atoms with Crippen molar-refractivity contribution < 1.29 is 15.0 Å². The molecule has 0 aliphatic carbocycles. The average molecular weight is 263 g/mol. The van der Waals surface area contributed by atoms with Gasteiger partial charge in [-0.1, -0.05) is 6.07 Å². The second-order valence-corrected chi connectivity index (χ2v) is 5.67. The van der Waals surface area contributed by atoms with Gasteiger partial charge in [0.05, 0.1) is 12.0 Å². The van der Waals surface area contributed by atoms with Gasteiger partial charge >= 0.3 is 5.97 Å². The minimum Gasteiger partial charge on any atom is -0.481 e. The van der Waals surface area contributed by atoms with E-state index in [1.54, 1.807) is 0 Å². The van der Waals surface area contributed by atoms with Crippen molar-refractivity contribution >= 4 is 11.7 Å². The highest BCUT2D eigenvalue weighted by atomic mass is 16.4. The molecule has 104 valence electrons. The number of nitrogens with zero attached hydrogens (tertiary/aromatic N) is 1. The molecule has 1 aromatic rings. The first kappa shape index (κ1) is 13.9. The maximum Gasteiger partial charge on any atom is 0.306 e. The molecule has 0 bridgehead atoms. The highest BCUT2D eigenvalue weighted by Crippen LogP contribution is 2.29. The number of piperidine rings is 1. The molecule has 19 heavy (non-hydrogen) atoms. The summed E-state index contributed by atoms with van der Waals surface area (Å²) in [6, 6.07) is 6.27. The van der Waals surface area contributed by atoms with Gasteiger partial charge in [0.1, 0.15) is 0 Å². The van der Waals surface area contributed by atoms with Crippen molar-refractivity contribution in [2.45, 2.75) is 38.7 Å². The fourth-order valence-corrected chi connectivity index (χ4v) is 2.89. The molecule has 1 aliphatic heterocycles. The summed E-state index contributed by atoms with van der Waals surface area (Å²) in [4.78, 5) is 12.9. The lowest BCUT2D eigenvalue weighted by Crippen LogP contribution is -2.49. The Morgan fingerprint density at radius 3 is 2.53 bits per heavy atom. The summed E-state index contributed by atoms with van der Waals surface area (Å²) in [5.74, 6) is -0.940. The maximum absolute atomic E-state index is 10.8. The molecule has 1 unspecified atom stereocenters. The number of aliphatic carboxylic acids is 1. The standard InChI is InChI=1S/C15H21NO3/c1-11-6-12(2)8-13(7-11)16-5-3-4-15(19,10-16)9-14(17)18/h6-8,19H,3-5,9-10H2,1-2H3,(H,17,18). The number of β-amino-alcohol motifs (C(OH)–C–C–N with tert-alkyl or cyclic N) is 1. The van der Waals surface area contributed by atoms with Gasteiger partial charge < -0.3 is 15.1 Å². The van der Waals surface area contributed by atoms with Crippen molar-refractivity contribution in [2.75, 3.05) is 18.0 Å². The molecule has 1 saturated heterocycles. The van der Waals surface area contributed by atoms with Gasteiger partial charge in [0.25, 0.3) is 0 Å². The lowest BCUT2D eigenvalue weighted by Gasteiger charge is -2.40. The highest BCUT2D eigenvalue weighted by molar-refractivity contribution is 5.68. The third kappa shape index (κ3) is 3.47. The van der Waals surface area contributed by atoms with Gasteiger partial charge in [-0.2, -0.15) is 0 Å². The number of anilines is 1. The molecular weight excluding hydrogens is 242 g/mol. The van der Waals surface area contributed by atoms with E-state index in [4.69, 9.17) is 5.11 Å². The Bertz CT molecular complexity index is 466. The normalized spacial score (nSPS) is 23.4. The Hall–Kier alpha value is -1.55. The summed E-state index contributed by atoms with van der Waals surface area (Å²) in [6.07, 6.45) is 1.19. The Morgan fingerprint density at radius 2 is 1.95 bits per heavy atom. The molecule has 0 aromatic heterocycles. The van der Waals surface area contributed by atoms with E-state index in [1.807, 2.05) is 13.8 Å². The van der Waals surface area contributed by atoms with E-state index in [2.05, 4.69) is 23.1 Å². The molecule has 0 spiro atoms. The van der Waals surface area contributed by atoms with Crippen molar-refractivity contribution in [3.05, 3.63) is 29.3 Å². The quantitative estimate of drug-likeness (QED) is 0.877. The Morgan fingerprint density at radius 1 is 1.32 bits per heavy atom. The number of aryl methyl sites for hydroxylation is 2. The summed E-state index contributed by atoms with van der Waals surface area (Å²) < 4.78 is 0. The molecule has 1 atom stereocenters. The van der Waals surface area contributed by atoms with Crippen molar-refractivity contribution in [3.63, 3.8) is 0 Å². The summed E-state index contributed by atoms with van der Waals surface area (Å²) in [6.45, 7) is 5.35. The zero-order valence-corrected chi connectivity index (χ0v) is 11.5. The van der Waals surface area contributed by atoms with Crippen LogP contribution in [0.5, 0.6) is 0 Å². The van der Waals surface area contributed by atoms with E-state index < -0.39 is 11.6 Å². The maximum atomic E-state index is 10.8. The van der Waals surface area contributed by atoms with Crippen LogP contribution in [0.25, 0.3) is 0 Å². The second kappa shape index (κ2) is 5.21. The predicted molar refractivity (Wildman–Crippen MR) is 74.6 cm³/mol. The monoisotopic (exact) mass is 263 g/mol. The number of carboxylic acids is 1. The first-order chi connectivity index (χ1) is 8.88. The first-order valence-corrected chi connectivity index (χ1v) is 6.65. The van der Waals surface area contributed by atoms with E-state index in [9.17, 15) is 9.90 Å². The molecule has 1 aliphatic rings. The van der Waals surface area contributed by atoms with Crippen LogP contribution in [0.2, 0.25) is 0 Å². The number of carbonyl (C=O) groups is 1. The number of hydrogen-bond donors (Lipinski definition) is 2. The number of aliphatic hydroxyl groups is 1. The Kier molecular flexibility index (Phi) is 3.80. The molecule has 2 rings (SSSR count). The molecule has 1 heterocycles. The van der Waals surface area contributed by atoms with Gasteiger partial charge in [0, 0.05) is 18.8 Å². The highest BCUT2D eigenvalue weighted by Gasteiger charge is 2.35. The molecular formula is C15H21NO3. The van der Waals surface area contributed by atoms with Gasteiger partial charge in [-0.05, 0) is 49.9 Å². The van der Waals surface area contributed by atoms with Gasteiger partial charge in [0.15, 0.2) is 0 Å². The van der Waals surface area contributed by atoms with Gasteiger partial charge in [-0.3, -0.25) is 4.79 Å². The van der Waals surface area contributed by atoms with E-state index in [0.29, 0.717) is 13.0 Å². The topological polar surface area (TPSA) is 60.8 Å².